The Bertz CT molecular complexity index is 451. The first-order chi connectivity index (χ1) is 6.99. The van der Waals surface area contributed by atoms with Gasteiger partial charge in [0.15, 0.2) is 11.6 Å². The zero-order valence-electron chi connectivity index (χ0n) is 9.00. The summed E-state index contributed by atoms with van der Waals surface area (Å²) in [6.45, 7) is 3.11. The van der Waals surface area contributed by atoms with Gasteiger partial charge in [0.05, 0.1) is 0 Å². The second kappa shape index (κ2) is 4.57. The maximum atomic E-state index is 11.8. The maximum absolute atomic E-state index is 11.8. The first kappa shape index (κ1) is 11.9. The number of ketones is 1. The number of carbonyl (C=O) groups excluding carboxylic acids is 1. The Morgan fingerprint density at radius 1 is 1.53 bits per heavy atom. The lowest BCUT2D eigenvalue weighted by Crippen LogP contribution is -2.29. The van der Waals surface area contributed by atoms with Crippen LogP contribution in [0.2, 0.25) is 0 Å². The van der Waals surface area contributed by atoms with Gasteiger partial charge in [-0.05, 0) is 13.3 Å². The molecule has 1 heterocycles. The third kappa shape index (κ3) is 2.26. The van der Waals surface area contributed by atoms with Crippen LogP contribution >= 0.6 is 11.6 Å². The molecule has 1 aromatic heterocycles. The van der Waals surface area contributed by atoms with Gasteiger partial charge in [-0.25, -0.2) is 4.98 Å². The van der Waals surface area contributed by atoms with Crippen molar-refractivity contribution in [1.82, 2.24) is 9.55 Å². The number of Topliss-reactive ketones (excluding diaryl/α,β-unsaturated/α-hetero) is 1. The molecule has 0 aliphatic rings. The highest BCUT2D eigenvalue weighted by Crippen LogP contribution is 2.03. The van der Waals surface area contributed by atoms with E-state index < -0.39 is 0 Å². The molecule has 0 aliphatic heterocycles. The van der Waals surface area contributed by atoms with E-state index in [1.54, 1.807) is 14.0 Å². The van der Waals surface area contributed by atoms with E-state index in [1.807, 2.05) is 0 Å². The number of aromatic nitrogens is 2. The quantitative estimate of drug-likeness (QED) is 0.575. The van der Waals surface area contributed by atoms with Crippen LogP contribution < -0.4 is 5.56 Å². The molecule has 0 radical (unpaired) electrons. The molecule has 0 unspecified atom stereocenters. The van der Waals surface area contributed by atoms with Crippen LogP contribution in [0.25, 0.3) is 0 Å². The molecule has 0 saturated heterocycles. The van der Waals surface area contributed by atoms with E-state index in [-0.39, 0.29) is 17.2 Å². The summed E-state index contributed by atoms with van der Waals surface area (Å²) < 4.78 is 1.28. The van der Waals surface area contributed by atoms with Crippen LogP contribution in [-0.4, -0.2) is 21.2 Å². The van der Waals surface area contributed by atoms with Crippen LogP contribution in [0.5, 0.6) is 0 Å². The number of rotatable bonds is 3. The number of aryl methyl sites for hydroxylation is 1. The number of carbonyl (C=O) groups is 1. The monoisotopic (exact) mass is 228 g/mol. The van der Waals surface area contributed by atoms with Crippen LogP contribution in [-0.2, 0) is 13.5 Å². The first-order valence-electron chi connectivity index (χ1n) is 4.62. The lowest BCUT2D eigenvalue weighted by Gasteiger charge is -2.09. The average Bonchev–Trinajstić information content (AvgIpc) is 2.18. The molecule has 0 atom stereocenters. The Hall–Kier alpha value is -1.16. The second-order valence-corrected chi connectivity index (χ2v) is 3.74. The van der Waals surface area contributed by atoms with E-state index in [0.29, 0.717) is 23.6 Å². The Labute approximate surface area is 92.9 Å². The Morgan fingerprint density at radius 2 is 2.13 bits per heavy atom. The zero-order chi connectivity index (χ0) is 11.6. The molecule has 0 amide bonds. The van der Waals surface area contributed by atoms with Gasteiger partial charge in [-0.2, -0.15) is 0 Å². The van der Waals surface area contributed by atoms with Crippen LogP contribution in [0.1, 0.15) is 28.8 Å². The van der Waals surface area contributed by atoms with Gasteiger partial charge in [0, 0.05) is 31.1 Å². The topological polar surface area (TPSA) is 52.0 Å². The van der Waals surface area contributed by atoms with Gasteiger partial charge in [-0.15, -0.1) is 11.6 Å². The molecular formula is C10H13ClN2O2. The average molecular weight is 229 g/mol. The minimum absolute atomic E-state index is 0.187. The number of hydrogen-bond donors (Lipinski definition) is 0. The van der Waals surface area contributed by atoms with Gasteiger partial charge in [-0.1, -0.05) is 0 Å². The van der Waals surface area contributed by atoms with Crippen molar-refractivity contribution in [2.24, 2.45) is 7.05 Å². The van der Waals surface area contributed by atoms with Crippen molar-refractivity contribution >= 4 is 17.4 Å². The molecule has 0 aromatic carbocycles. The van der Waals surface area contributed by atoms with Gasteiger partial charge < -0.3 is 0 Å². The number of hydrogen-bond acceptors (Lipinski definition) is 3. The summed E-state index contributed by atoms with van der Waals surface area (Å²) in [5, 5.41) is 0. The zero-order valence-corrected chi connectivity index (χ0v) is 9.76. The summed E-state index contributed by atoms with van der Waals surface area (Å²) in [6.07, 6.45) is 0.477. The van der Waals surface area contributed by atoms with E-state index in [9.17, 15) is 9.59 Å². The Balaban J connectivity index is 3.44. The van der Waals surface area contributed by atoms with Crippen molar-refractivity contribution in [1.29, 1.82) is 0 Å². The highest BCUT2D eigenvalue weighted by molar-refractivity contribution is 6.18. The van der Waals surface area contributed by atoms with Crippen LogP contribution in [0.4, 0.5) is 0 Å². The summed E-state index contributed by atoms with van der Waals surface area (Å²) in [5.41, 5.74) is 0.981. The molecule has 0 aliphatic carbocycles. The summed E-state index contributed by atoms with van der Waals surface area (Å²) in [7, 11) is 1.54. The summed E-state index contributed by atoms with van der Waals surface area (Å²) in [6, 6.07) is 0. The largest absolute Gasteiger partial charge is 0.293 e. The molecule has 82 valence electrons. The fourth-order valence-electron chi connectivity index (χ4n) is 1.45. The van der Waals surface area contributed by atoms with E-state index in [1.165, 1.54) is 11.5 Å². The maximum Gasteiger partial charge on any atom is 0.257 e. The minimum Gasteiger partial charge on any atom is -0.293 e. The van der Waals surface area contributed by atoms with Crippen molar-refractivity contribution in [2.45, 2.75) is 20.3 Å². The van der Waals surface area contributed by atoms with E-state index in [4.69, 9.17) is 11.6 Å². The summed E-state index contributed by atoms with van der Waals surface area (Å²) in [4.78, 5) is 27.1. The van der Waals surface area contributed by atoms with Gasteiger partial charge in [0.1, 0.15) is 0 Å². The molecule has 0 spiro atoms. The molecule has 0 saturated carbocycles. The highest BCUT2D eigenvalue weighted by atomic mass is 35.5. The van der Waals surface area contributed by atoms with Gasteiger partial charge in [-0.3, -0.25) is 14.2 Å². The van der Waals surface area contributed by atoms with Crippen molar-refractivity contribution in [2.75, 3.05) is 5.88 Å². The molecular weight excluding hydrogens is 216 g/mol. The van der Waals surface area contributed by atoms with Gasteiger partial charge in [0.25, 0.3) is 5.56 Å². The predicted octanol–water partition coefficient (Wildman–Crippen LogP) is 1.07. The van der Waals surface area contributed by atoms with E-state index in [0.717, 1.165) is 0 Å². The molecule has 1 aromatic rings. The van der Waals surface area contributed by atoms with E-state index in [2.05, 4.69) is 4.98 Å². The van der Waals surface area contributed by atoms with Crippen molar-refractivity contribution in [3.63, 3.8) is 0 Å². The first-order valence-corrected chi connectivity index (χ1v) is 5.16. The molecule has 0 fully saturated rings. The second-order valence-electron chi connectivity index (χ2n) is 3.36. The lowest BCUT2D eigenvalue weighted by atomic mass is 10.2. The predicted molar refractivity (Wildman–Crippen MR) is 58.6 cm³/mol. The van der Waals surface area contributed by atoms with Crippen molar-refractivity contribution in [3.05, 3.63) is 27.4 Å². The van der Waals surface area contributed by atoms with Crippen LogP contribution in [0.15, 0.2) is 4.79 Å². The fourth-order valence-corrected chi connectivity index (χ4v) is 1.64. The van der Waals surface area contributed by atoms with Crippen molar-refractivity contribution in [3.8, 4) is 0 Å². The smallest absolute Gasteiger partial charge is 0.257 e. The molecule has 0 N–H and O–H groups in total. The molecule has 1 rings (SSSR count). The van der Waals surface area contributed by atoms with Gasteiger partial charge in [0.2, 0.25) is 0 Å². The highest BCUT2D eigenvalue weighted by Gasteiger charge is 2.13. The van der Waals surface area contributed by atoms with Crippen molar-refractivity contribution < 1.29 is 4.79 Å². The van der Waals surface area contributed by atoms with Gasteiger partial charge >= 0.3 is 0 Å². The lowest BCUT2D eigenvalue weighted by molar-refractivity contribution is 0.0998. The molecule has 0 bridgehead atoms. The summed E-state index contributed by atoms with van der Waals surface area (Å²) in [5.74, 6) is 0.350. The minimum atomic E-state index is -0.213. The Kier molecular flexibility index (Phi) is 3.63. The third-order valence-corrected chi connectivity index (χ3v) is 2.44. The molecule has 5 heteroatoms. The van der Waals surface area contributed by atoms with Crippen LogP contribution in [0.3, 0.4) is 0 Å². The molecule has 15 heavy (non-hydrogen) atoms. The number of nitrogens with zero attached hydrogens (tertiary/aromatic N) is 2. The standard InChI is InChI=1S/C10H13ClN2O2/c1-6-8(4-5-11)10(15)13(3)9(12-6)7(2)14/h4-5H2,1-3H3. The van der Waals surface area contributed by atoms with E-state index >= 15 is 0 Å². The summed E-state index contributed by atoms with van der Waals surface area (Å²) >= 11 is 5.59. The fraction of sp³-hybridized carbons (Fsp3) is 0.500. The Morgan fingerprint density at radius 3 is 2.60 bits per heavy atom. The normalized spacial score (nSPS) is 10.4. The third-order valence-electron chi connectivity index (χ3n) is 2.25. The molecule has 4 nitrogen and oxygen atoms in total. The number of alkyl halides is 1. The SMILES string of the molecule is CC(=O)c1nc(C)c(CCCl)c(=O)n1C. The van der Waals surface area contributed by atoms with Crippen LogP contribution in [0, 0.1) is 6.92 Å². The number of halogens is 1.